The molecule has 3 aromatic rings. The van der Waals surface area contributed by atoms with E-state index in [1.54, 1.807) is 23.1 Å². The van der Waals surface area contributed by atoms with Crippen LogP contribution in [-0.4, -0.2) is 37.8 Å². The fourth-order valence-corrected chi connectivity index (χ4v) is 4.45. The van der Waals surface area contributed by atoms with Gasteiger partial charge in [-0.3, -0.25) is 0 Å². The Morgan fingerprint density at radius 3 is 2.34 bits per heavy atom. The van der Waals surface area contributed by atoms with Gasteiger partial charge in [-0.15, -0.1) is 0 Å². The van der Waals surface area contributed by atoms with Crippen molar-refractivity contribution in [3.63, 3.8) is 0 Å². The number of nitrogens with one attached hydrogen (secondary N) is 2. The minimum Gasteiger partial charge on any atom is -0.507 e. The molecule has 1 aliphatic rings. The minimum absolute atomic E-state index is 0.192. The smallest absolute Gasteiger partial charge is 0.344 e. The van der Waals surface area contributed by atoms with Gasteiger partial charge in [-0.05, 0) is 49.2 Å². The normalized spacial score (nSPS) is 19.6. The third-order valence-electron chi connectivity index (χ3n) is 6.14. The topological polar surface area (TPSA) is 59.3 Å². The molecule has 0 bridgehead atoms. The number of phenolic OH excluding ortho intramolecular Hbond substituents is 1. The molecule has 2 aromatic carbocycles. The van der Waals surface area contributed by atoms with Gasteiger partial charge >= 0.3 is 5.63 Å². The van der Waals surface area contributed by atoms with Gasteiger partial charge in [0.05, 0.1) is 17.7 Å². The van der Waals surface area contributed by atoms with E-state index in [0.717, 1.165) is 54.8 Å². The zero-order valence-electron chi connectivity index (χ0n) is 16.8. The van der Waals surface area contributed by atoms with Gasteiger partial charge < -0.3 is 19.3 Å². The maximum atomic E-state index is 12.9. The van der Waals surface area contributed by atoms with Crippen LogP contribution in [0.3, 0.4) is 0 Å². The number of piperazine rings is 1. The SMILES string of the molecule is CC[NH+]1CC[NH+](Cc2c(O)ccc3c(C)c(-c4ccc(Cl)cc4)c(=O)oc23)CC1. The van der Waals surface area contributed by atoms with Crippen LogP contribution in [0.15, 0.2) is 45.6 Å². The van der Waals surface area contributed by atoms with Crippen LogP contribution in [-0.2, 0) is 6.54 Å². The van der Waals surface area contributed by atoms with E-state index in [9.17, 15) is 9.90 Å². The highest BCUT2D eigenvalue weighted by Gasteiger charge is 2.25. The van der Waals surface area contributed by atoms with Gasteiger partial charge in [-0.1, -0.05) is 23.7 Å². The number of quaternary nitrogens is 2. The maximum Gasteiger partial charge on any atom is 0.344 e. The van der Waals surface area contributed by atoms with Gasteiger partial charge in [0.25, 0.3) is 0 Å². The third-order valence-corrected chi connectivity index (χ3v) is 6.39. The monoisotopic (exact) mass is 414 g/mol. The van der Waals surface area contributed by atoms with Crippen LogP contribution in [0.5, 0.6) is 5.75 Å². The molecule has 0 aliphatic carbocycles. The first-order valence-corrected chi connectivity index (χ1v) is 10.6. The van der Waals surface area contributed by atoms with Crippen LogP contribution < -0.4 is 15.4 Å². The Hall–Kier alpha value is -2.34. The molecular formula is C23H27ClN2O3+2. The second-order valence-corrected chi connectivity index (χ2v) is 8.30. The molecule has 0 unspecified atom stereocenters. The van der Waals surface area contributed by atoms with E-state index < -0.39 is 0 Å². The number of likely N-dealkylation sites (N-methyl/N-ethyl adjacent to an activating group) is 1. The number of aromatic hydroxyl groups is 1. The summed E-state index contributed by atoms with van der Waals surface area (Å²) in [4.78, 5) is 15.9. The number of phenols is 1. The molecule has 0 spiro atoms. The van der Waals surface area contributed by atoms with Crippen molar-refractivity contribution in [2.45, 2.75) is 20.4 Å². The van der Waals surface area contributed by atoms with Crippen LogP contribution >= 0.6 is 11.6 Å². The quantitative estimate of drug-likeness (QED) is 0.566. The molecule has 5 nitrogen and oxygen atoms in total. The summed E-state index contributed by atoms with van der Waals surface area (Å²) in [5.74, 6) is 0.192. The Balaban J connectivity index is 1.76. The predicted octanol–water partition coefficient (Wildman–Crippen LogP) is 1.43. The van der Waals surface area contributed by atoms with Crippen molar-refractivity contribution < 1.29 is 19.3 Å². The summed E-state index contributed by atoms with van der Waals surface area (Å²) in [6.45, 7) is 10.3. The van der Waals surface area contributed by atoms with Crippen LogP contribution in [0, 0.1) is 6.92 Å². The Morgan fingerprint density at radius 2 is 1.69 bits per heavy atom. The first kappa shape index (κ1) is 20.0. The lowest BCUT2D eigenvalue weighted by Crippen LogP contribution is -3.27. The fraction of sp³-hybridized carbons (Fsp3) is 0.348. The highest BCUT2D eigenvalue weighted by Crippen LogP contribution is 2.32. The van der Waals surface area contributed by atoms with Crippen molar-refractivity contribution in [3.05, 3.63) is 63.0 Å². The fourth-order valence-electron chi connectivity index (χ4n) is 4.32. The number of fused-ring (bicyclic) bond motifs is 1. The first-order chi connectivity index (χ1) is 14.0. The largest absolute Gasteiger partial charge is 0.507 e. The molecule has 2 heterocycles. The number of aryl methyl sites for hydroxylation is 1. The molecule has 1 aliphatic heterocycles. The lowest BCUT2D eigenvalue weighted by atomic mass is 9.98. The zero-order chi connectivity index (χ0) is 20.5. The number of halogens is 1. The molecular weight excluding hydrogens is 388 g/mol. The third kappa shape index (κ3) is 3.90. The van der Waals surface area contributed by atoms with Crippen molar-refractivity contribution in [1.29, 1.82) is 0 Å². The van der Waals surface area contributed by atoms with Crippen molar-refractivity contribution in [1.82, 2.24) is 0 Å². The standard InChI is InChI=1S/C23H25ClN2O3/c1-3-25-10-12-26(13-11-25)14-19-20(27)9-8-18-15(2)21(23(28)29-22(18)19)16-4-6-17(24)7-5-16/h4-9,27H,3,10-14H2,1-2H3/p+2. The van der Waals surface area contributed by atoms with E-state index >= 15 is 0 Å². The minimum atomic E-state index is -0.389. The summed E-state index contributed by atoms with van der Waals surface area (Å²) in [5, 5.41) is 12.0. The Kier molecular flexibility index (Phi) is 5.63. The Morgan fingerprint density at radius 1 is 1.03 bits per heavy atom. The zero-order valence-corrected chi connectivity index (χ0v) is 17.6. The second-order valence-electron chi connectivity index (χ2n) is 7.87. The van der Waals surface area contributed by atoms with E-state index in [1.165, 1.54) is 4.90 Å². The molecule has 0 saturated carbocycles. The molecule has 3 N–H and O–H groups in total. The van der Waals surface area contributed by atoms with E-state index in [2.05, 4.69) is 6.92 Å². The molecule has 29 heavy (non-hydrogen) atoms. The summed E-state index contributed by atoms with van der Waals surface area (Å²) in [5.41, 5.74) is 3.01. The van der Waals surface area contributed by atoms with Crippen molar-refractivity contribution in [2.75, 3.05) is 32.7 Å². The molecule has 4 rings (SSSR count). The summed E-state index contributed by atoms with van der Waals surface area (Å²) in [7, 11) is 0. The summed E-state index contributed by atoms with van der Waals surface area (Å²) < 4.78 is 5.79. The summed E-state index contributed by atoms with van der Waals surface area (Å²) in [6, 6.07) is 10.7. The van der Waals surface area contributed by atoms with E-state index in [4.69, 9.17) is 16.0 Å². The summed E-state index contributed by atoms with van der Waals surface area (Å²) in [6.07, 6.45) is 0. The van der Waals surface area contributed by atoms with Crippen LogP contribution in [0.25, 0.3) is 22.1 Å². The average molecular weight is 415 g/mol. The van der Waals surface area contributed by atoms with Crippen molar-refractivity contribution in [3.8, 4) is 16.9 Å². The van der Waals surface area contributed by atoms with E-state index in [1.807, 2.05) is 25.1 Å². The molecule has 0 amide bonds. The van der Waals surface area contributed by atoms with Gasteiger partial charge in [0.15, 0.2) is 5.58 Å². The Bertz CT molecular complexity index is 1080. The predicted molar refractivity (Wildman–Crippen MR) is 115 cm³/mol. The average Bonchev–Trinajstić information content (AvgIpc) is 2.72. The summed E-state index contributed by atoms with van der Waals surface area (Å²) >= 11 is 5.99. The number of rotatable bonds is 4. The second kappa shape index (κ2) is 8.19. The highest BCUT2D eigenvalue weighted by molar-refractivity contribution is 6.30. The highest BCUT2D eigenvalue weighted by atomic mass is 35.5. The molecule has 6 heteroatoms. The number of benzene rings is 2. The van der Waals surface area contributed by atoms with Crippen LogP contribution in [0.4, 0.5) is 0 Å². The lowest BCUT2D eigenvalue weighted by Gasteiger charge is -2.29. The molecule has 1 fully saturated rings. The Labute approximate surface area is 175 Å². The molecule has 1 aromatic heterocycles. The van der Waals surface area contributed by atoms with Crippen molar-refractivity contribution in [2.24, 2.45) is 0 Å². The van der Waals surface area contributed by atoms with E-state index in [-0.39, 0.29) is 11.4 Å². The number of hydrogen-bond acceptors (Lipinski definition) is 3. The first-order valence-electron chi connectivity index (χ1n) is 10.2. The lowest BCUT2D eigenvalue weighted by molar-refractivity contribution is -1.02. The molecule has 0 atom stereocenters. The molecule has 1 saturated heterocycles. The number of hydrogen-bond donors (Lipinski definition) is 3. The molecule has 0 radical (unpaired) electrons. The van der Waals surface area contributed by atoms with Crippen LogP contribution in [0.1, 0.15) is 18.1 Å². The van der Waals surface area contributed by atoms with Crippen molar-refractivity contribution >= 4 is 22.6 Å². The van der Waals surface area contributed by atoms with Crippen LogP contribution in [0.2, 0.25) is 5.02 Å². The van der Waals surface area contributed by atoms with Gasteiger partial charge in [-0.2, -0.15) is 0 Å². The maximum absolute atomic E-state index is 12.9. The van der Waals surface area contributed by atoms with Gasteiger partial charge in [0.1, 0.15) is 38.5 Å². The van der Waals surface area contributed by atoms with E-state index in [0.29, 0.717) is 22.7 Å². The molecule has 152 valence electrons. The van der Waals surface area contributed by atoms with Gasteiger partial charge in [-0.25, -0.2) is 4.79 Å². The van der Waals surface area contributed by atoms with Gasteiger partial charge in [0.2, 0.25) is 0 Å². The van der Waals surface area contributed by atoms with Gasteiger partial charge in [0, 0.05) is 10.4 Å².